The molecule has 0 N–H and O–H groups in total. The smallest absolute Gasteiger partial charge is 0.197 e. The van der Waals surface area contributed by atoms with E-state index < -0.39 is 17.4 Å². The molecule has 1 nitrogen and oxygen atoms in total. The van der Waals surface area contributed by atoms with Crippen molar-refractivity contribution < 1.29 is 13.6 Å². The van der Waals surface area contributed by atoms with Gasteiger partial charge < -0.3 is 0 Å². The van der Waals surface area contributed by atoms with Crippen molar-refractivity contribution >= 4 is 17.4 Å². The van der Waals surface area contributed by atoms with Crippen molar-refractivity contribution in [1.82, 2.24) is 0 Å². The van der Waals surface area contributed by atoms with Crippen molar-refractivity contribution in [3.05, 3.63) is 70.2 Å². The molecule has 4 heteroatoms. The van der Waals surface area contributed by atoms with Gasteiger partial charge in [-0.1, -0.05) is 17.7 Å². The molecule has 0 heterocycles. The van der Waals surface area contributed by atoms with Crippen LogP contribution in [0.1, 0.15) is 15.9 Å². The number of hydrogen-bond donors (Lipinski definition) is 0. The highest BCUT2D eigenvalue weighted by atomic mass is 35.5. The zero-order valence-electron chi connectivity index (χ0n) is 8.58. The maximum atomic E-state index is 13.5. The van der Waals surface area contributed by atoms with E-state index in [0.717, 1.165) is 18.2 Å². The molecule has 0 radical (unpaired) electrons. The lowest BCUT2D eigenvalue weighted by atomic mass is 10.0. The lowest BCUT2D eigenvalue weighted by Crippen LogP contribution is -2.05. The van der Waals surface area contributed by atoms with E-state index in [1.807, 2.05) is 0 Å². The largest absolute Gasteiger partial charge is 0.288 e. The molecule has 0 aliphatic rings. The van der Waals surface area contributed by atoms with Crippen molar-refractivity contribution in [2.24, 2.45) is 0 Å². The van der Waals surface area contributed by atoms with Crippen molar-refractivity contribution in [3.8, 4) is 0 Å². The molecule has 0 saturated carbocycles. The molecule has 2 aromatic rings. The van der Waals surface area contributed by atoms with Gasteiger partial charge in [0.15, 0.2) is 5.78 Å². The van der Waals surface area contributed by atoms with Gasteiger partial charge in [-0.15, -0.1) is 0 Å². The number of ketones is 1. The third-order valence-corrected chi connectivity index (χ3v) is 2.61. The van der Waals surface area contributed by atoms with Gasteiger partial charge in [-0.25, -0.2) is 8.78 Å². The Morgan fingerprint density at radius 3 is 2.24 bits per heavy atom. The Labute approximate surface area is 102 Å². The van der Waals surface area contributed by atoms with E-state index in [2.05, 4.69) is 0 Å². The molecule has 0 saturated heterocycles. The lowest BCUT2D eigenvalue weighted by Gasteiger charge is -2.04. The minimum absolute atomic E-state index is 0.0410. The van der Waals surface area contributed by atoms with Crippen molar-refractivity contribution in [2.75, 3.05) is 0 Å². The molecule has 2 rings (SSSR count). The van der Waals surface area contributed by atoms with Crippen LogP contribution in [0.4, 0.5) is 8.78 Å². The second-order valence-corrected chi connectivity index (χ2v) is 3.84. The maximum Gasteiger partial charge on any atom is 0.197 e. The van der Waals surface area contributed by atoms with Crippen LogP contribution in [0.15, 0.2) is 42.5 Å². The van der Waals surface area contributed by atoms with E-state index in [4.69, 9.17) is 11.6 Å². The fraction of sp³-hybridized carbons (Fsp3) is 0. The number of carbonyl (C=O) groups is 1. The molecule has 0 aromatic heterocycles. The number of hydrogen-bond acceptors (Lipinski definition) is 1. The summed E-state index contributed by atoms with van der Waals surface area (Å²) in [7, 11) is 0. The maximum absolute atomic E-state index is 13.5. The van der Waals surface area contributed by atoms with E-state index in [1.165, 1.54) is 24.3 Å². The van der Waals surface area contributed by atoms with E-state index >= 15 is 0 Å². The molecule has 86 valence electrons. The van der Waals surface area contributed by atoms with E-state index in [9.17, 15) is 13.6 Å². The van der Waals surface area contributed by atoms with Gasteiger partial charge in [0.05, 0.1) is 10.6 Å². The van der Waals surface area contributed by atoms with Gasteiger partial charge >= 0.3 is 0 Å². The van der Waals surface area contributed by atoms with Crippen LogP contribution in [-0.4, -0.2) is 5.78 Å². The Morgan fingerprint density at radius 1 is 1.00 bits per heavy atom. The molecule has 2 aromatic carbocycles. The van der Waals surface area contributed by atoms with Crippen molar-refractivity contribution in [3.63, 3.8) is 0 Å². The molecule has 17 heavy (non-hydrogen) atoms. The van der Waals surface area contributed by atoms with Crippen LogP contribution in [0.5, 0.6) is 0 Å². The molecule has 0 unspecified atom stereocenters. The second kappa shape index (κ2) is 4.63. The van der Waals surface area contributed by atoms with Crippen LogP contribution in [0.3, 0.4) is 0 Å². The Hall–Kier alpha value is -1.74. The lowest BCUT2D eigenvalue weighted by molar-refractivity contribution is 0.103. The average Bonchev–Trinajstić information content (AvgIpc) is 2.29. The summed E-state index contributed by atoms with van der Waals surface area (Å²) in [6.07, 6.45) is 0. The molecule has 0 amide bonds. The van der Waals surface area contributed by atoms with Gasteiger partial charge in [-0.3, -0.25) is 4.79 Å². The molecule has 0 atom stereocenters. The van der Waals surface area contributed by atoms with Crippen LogP contribution in [-0.2, 0) is 0 Å². The third-order valence-electron chi connectivity index (χ3n) is 2.30. The van der Waals surface area contributed by atoms with Crippen LogP contribution in [0.25, 0.3) is 0 Å². The number of halogens is 3. The summed E-state index contributed by atoms with van der Waals surface area (Å²) in [5, 5.41) is 0.0410. The highest BCUT2D eigenvalue weighted by Crippen LogP contribution is 2.22. The highest BCUT2D eigenvalue weighted by Gasteiger charge is 2.17. The van der Waals surface area contributed by atoms with Gasteiger partial charge in [0.2, 0.25) is 0 Å². The molecular weight excluding hydrogens is 246 g/mol. The van der Waals surface area contributed by atoms with Gasteiger partial charge in [-0.05, 0) is 36.4 Å². The molecule has 0 aliphatic carbocycles. The summed E-state index contributed by atoms with van der Waals surface area (Å²) >= 11 is 5.77. The molecule has 0 aliphatic heterocycles. The van der Waals surface area contributed by atoms with Crippen LogP contribution in [0, 0.1) is 11.6 Å². The number of carbonyl (C=O) groups excluding carboxylic acids is 1. The van der Waals surface area contributed by atoms with E-state index in [-0.39, 0.29) is 16.1 Å². The Bertz CT molecular complexity index is 544. The van der Waals surface area contributed by atoms with Gasteiger partial charge in [0.25, 0.3) is 0 Å². The first-order valence-corrected chi connectivity index (χ1v) is 5.21. The third kappa shape index (κ3) is 2.34. The molecule has 0 fully saturated rings. The average molecular weight is 253 g/mol. The fourth-order valence-corrected chi connectivity index (χ4v) is 1.71. The first-order chi connectivity index (χ1) is 8.09. The molecular formula is C13H7ClF2O. The summed E-state index contributed by atoms with van der Waals surface area (Å²) in [6.45, 7) is 0. The first-order valence-electron chi connectivity index (χ1n) is 4.84. The Kier molecular flexibility index (Phi) is 3.20. The summed E-state index contributed by atoms with van der Waals surface area (Å²) < 4.78 is 26.2. The van der Waals surface area contributed by atoms with Crippen LogP contribution in [0.2, 0.25) is 5.02 Å². The van der Waals surface area contributed by atoms with E-state index in [0.29, 0.717) is 0 Å². The number of rotatable bonds is 2. The predicted octanol–water partition coefficient (Wildman–Crippen LogP) is 3.85. The quantitative estimate of drug-likeness (QED) is 0.742. The molecule has 0 bridgehead atoms. The van der Waals surface area contributed by atoms with E-state index in [1.54, 1.807) is 0 Å². The topological polar surface area (TPSA) is 17.1 Å². The van der Waals surface area contributed by atoms with Crippen LogP contribution >= 0.6 is 11.6 Å². The van der Waals surface area contributed by atoms with Gasteiger partial charge in [0, 0.05) is 5.56 Å². The minimum Gasteiger partial charge on any atom is -0.288 e. The predicted molar refractivity (Wildman–Crippen MR) is 61.2 cm³/mol. The summed E-state index contributed by atoms with van der Waals surface area (Å²) in [4.78, 5) is 12.0. The van der Waals surface area contributed by atoms with Crippen molar-refractivity contribution in [2.45, 2.75) is 0 Å². The monoisotopic (exact) mass is 252 g/mol. The Balaban J connectivity index is 2.47. The fourth-order valence-electron chi connectivity index (χ4n) is 1.46. The number of benzene rings is 2. The summed E-state index contributed by atoms with van der Waals surface area (Å²) in [6, 6.07) is 8.87. The zero-order valence-corrected chi connectivity index (χ0v) is 9.34. The normalized spacial score (nSPS) is 10.3. The minimum atomic E-state index is -0.688. The summed E-state index contributed by atoms with van der Waals surface area (Å²) in [5.74, 6) is -1.71. The standard InChI is InChI=1S/C13H7ClF2O/c14-10-2-1-3-11(16)12(10)13(17)8-4-6-9(15)7-5-8/h1-7H. The summed E-state index contributed by atoms with van der Waals surface area (Å²) in [5.41, 5.74) is -0.000764. The molecule has 0 spiro atoms. The van der Waals surface area contributed by atoms with Crippen molar-refractivity contribution in [1.29, 1.82) is 0 Å². The SMILES string of the molecule is O=C(c1ccc(F)cc1)c1c(F)cccc1Cl. The van der Waals surface area contributed by atoms with Gasteiger partial charge in [-0.2, -0.15) is 0 Å². The zero-order chi connectivity index (χ0) is 12.4. The highest BCUT2D eigenvalue weighted by molar-refractivity contribution is 6.35. The second-order valence-electron chi connectivity index (χ2n) is 3.43. The Morgan fingerprint density at radius 2 is 1.65 bits per heavy atom. The van der Waals surface area contributed by atoms with Gasteiger partial charge in [0.1, 0.15) is 11.6 Å². The first kappa shape index (κ1) is 11.7. The van der Waals surface area contributed by atoms with Crippen LogP contribution < -0.4 is 0 Å².